The number of hydrogen-bond acceptors (Lipinski definition) is 4. The van der Waals surface area contributed by atoms with Crippen molar-refractivity contribution in [2.75, 3.05) is 11.1 Å². The van der Waals surface area contributed by atoms with Gasteiger partial charge in [-0.25, -0.2) is 4.39 Å². The number of para-hydroxylation sites is 1. The fourth-order valence-corrected chi connectivity index (χ4v) is 3.53. The molecule has 0 saturated heterocycles. The Balaban J connectivity index is 1.58. The van der Waals surface area contributed by atoms with Crippen LogP contribution in [0.1, 0.15) is 18.3 Å². The van der Waals surface area contributed by atoms with Crippen molar-refractivity contribution >= 4 is 23.4 Å². The number of anilines is 1. The van der Waals surface area contributed by atoms with Crippen molar-refractivity contribution in [1.29, 1.82) is 0 Å². The number of halogens is 1. The predicted octanol–water partition coefficient (Wildman–Crippen LogP) is 3.95. The number of thioether (sulfide) groups is 1. The zero-order valence-corrected chi connectivity index (χ0v) is 15.9. The van der Waals surface area contributed by atoms with E-state index in [2.05, 4.69) is 27.6 Å². The van der Waals surface area contributed by atoms with Crippen LogP contribution in [0.3, 0.4) is 0 Å². The summed E-state index contributed by atoms with van der Waals surface area (Å²) in [5, 5.41) is 11.8. The number of aromatic nitrogens is 3. The Kier molecular flexibility index (Phi) is 6.59. The van der Waals surface area contributed by atoms with Crippen LogP contribution in [0.5, 0.6) is 0 Å². The summed E-state index contributed by atoms with van der Waals surface area (Å²) in [6.45, 7) is 2.76. The van der Waals surface area contributed by atoms with E-state index in [0.717, 1.165) is 25.2 Å². The zero-order chi connectivity index (χ0) is 19.1. The monoisotopic (exact) mass is 384 g/mol. The summed E-state index contributed by atoms with van der Waals surface area (Å²) in [6, 6.07) is 16.3. The third kappa shape index (κ3) is 5.17. The molecule has 0 radical (unpaired) electrons. The molecule has 3 aromatic rings. The first kappa shape index (κ1) is 19.1. The molecule has 0 spiro atoms. The van der Waals surface area contributed by atoms with E-state index in [0.29, 0.717) is 5.16 Å². The fraction of sp³-hybridized carbons (Fsp3) is 0.250. The van der Waals surface area contributed by atoms with Crippen molar-refractivity contribution < 1.29 is 9.18 Å². The first-order valence-corrected chi connectivity index (χ1v) is 9.79. The molecule has 140 valence electrons. The third-order valence-corrected chi connectivity index (χ3v) is 5.04. The van der Waals surface area contributed by atoms with Gasteiger partial charge in [-0.2, -0.15) is 0 Å². The molecule has 1 heterocycles. The molecule has 2 aromatic carbocycles. The van der Waals surface area contributed by atoms with Crippen LogP contribution in [0.2, 0.25) is 0 Å². The Morgan fingerprint density at radius 2 is 1.81 bits per heavy atom. The lowest BCUT2D eigenvalue weighted by atomic mass is 10.1. The van der Waals surface area contributed by atoms with E-state index >= 15 is 0 Å². The highest BCUT2D eigenvalue weighted by Crippen LogP contribution is 2.19. The smallest absolute Gasteiger partial charge is 0.234 e. The first-order chi connectivity index (χ1) is 13.2. The number of rotatable bonds is 8. The average Bonchev–Trinajstić information content (AvgIpc) is 3.09. The fourth-order valence-electron chi connectivity index (χ4n) is 2.71. The second kappa shape index (κ2) is 9.32. The summed E-state index contributed by atoms with van der Waals surface area (Å²) in [6.07, 6.45) is 1.67. The molecule has 0 atom stereocenters. The molecule has 1 amide bonds. The van der Waals surface area contributed by atoms with Crippen molar-refractivity contribution in [2.45, 2.75) is 31.5 Å². The van der Waals surface area contributed by atoms with E-state index in [4.69, 9.17) is 0 Å². The van der Waals surface area contributed by atoms with E-state index in [9.17, 15) is 9.18 Å². The molecule has 3 rings (SSSR count). The number of nitrogens with one attached hydrogen (secondary N) is 1. The molecule has 7 heteroatoms. The van der Waals surface area contributed by atoms with Crippen LogP contribution >= 0.6 is 11.8 Å². The number of amides is 1. The summed E-state index contributed by atoms with van der Waals surface area (Å²) in [4.78, 5) is 12.1. The van der Waals surface area contributed by atoms with Gasteiger partial charge in [-0.15, -0.1) is 10.2 Å². The van der Waals surface area contributed by atoms with E-state index < -0.39 is 5.82 Å². The normalized spacial score (nSPS) is 10.7. The quantitative estimate of drug-likeness (QED) is 0.598. The molecule has 0 fully saturated rings. The number of benzene rings is 2. The molecule has 0 aliphatic rings. The van der Waals surface area contributed by atoms with Gasteiger partial charge in [0, 0.05) is 13.0 Å². The van der Waals surface area contributed by atoms with Gasteiger partial charge in [0.2, 0.25) is 5.91 Å². The number of carbonyl (C=O) groups is 1. The maximum absolute atomic E-state index is 13.6. The molecule has 1 N–H and O–H groups in total. The molecule has 1 aromatic heterocycles. The van der Waals surface area contributed by atoms with E-state index in [1.165, 1.54) is 29.5 Å². The molecule has 5 nitrogen and oxygen atoms in total. The van der Waals surface area contributed by atoms with Crippen molar-refractivity contribution in [1.82, 2.24) is 14.8 Å². The highest BCUT2D eigenvalue weighted by molar-refractivity contribution is 7.99. The minimum Gasteiger partial charge on any atom is -0.323 e. The highest BCUT2D eigenvalue weighted by atomic mass is 32.2. The van der Waals surface area contributed by atoms with Crippen molar-refractivity contribution in [2.24, 2.45) is 0 Å². The Morgan fingerprint density at radius 3 is 2.56 bits per heavy atom. The molecular weight excluding hydrogens is 363 g/mol. The standard InChI is InChI=1S/C20H21FN4OS/c1-2-25-18(13-12-15-8-4-3-5-9-15)23-24-20(25)27-14-19(26)22-17-11-7-6-10-16(17)21/h3-11H,2,12-14H2,1H3,(H,22,26). The summed E-state index contributed by atoms with van der Waals surface area (Å²) in [5.74, 6) is 0.321. The second-order valence-corrected chi connectivity index (χ2v) is 6.89. The van der Waals surface area contributed by atoms with Crippen molar-refractivity contribution in [3.63, 3.8) is 0 Å². The van der Waals surface area contributed by atoms with Gasteiger partial charge in [-0.05, 0) is 31.0 Å². The lowest BCUT2D eigenvalue weighted by Crippen LogP contribution is -2.15. The van der Waals surface area contributed by atoms with Crippen LogP contribution in [0, 0.1) is 5.82 Å². The maximum atomic E-state index is 13.6. The van der Waals surface area contributed by atoms with Gasteiger partial charge < -0.3 is 9.88 Å². The molecule has 0 unspecified atom stereocenters. The Hall–Kier alpha value is -2.67. The molecule has 0 bridgehead atoms. The van der Waals surface area contributed by atoms with Crippen molar-refractivity contribution in [3.8, 4) is 0 Å². The van der Waals surface area contributed by atoms with Gasteiger partial charge in [0.05, 0.1) is 11.4 Å². The van der Waals surface area contributed by atoms with E-state index in [1.807, 2.05) is 29.7 Å². The van der Waals surface area contributed by atoms with Gasteiger partial charge in [0.15, 0.2) is 5.16 Å². The van der Waals surface area contributed by atoms with E-state index in [-0.39, 0.29) is 17.3 Å². The number of hydrogen-bond donors (Lipinski definition) is 1. The Morgan fingerprint density at radius 1 is 1.07 bits per heavy atom. The number of aryl methyl sites for hydroxylation is 2. The molecule has 27 heavy (non-hydrogen) atoms. The van der Waals surface area contributed by atoms with Crippen LogP contribution in [0.15, 0.2) is 59.8 Å². The average molecular weight is 384 g/mol. The summed E-state index contributed by atoms with van der Waals surface area (Å²) in [5.41, 5.74) is 1.44. The second-order valence-electron chi connectivity index (χ2n) is 5.95. The summed E-state index contributed by atoms with van der Waals surface area (Å²) >= 11 is 1.30. The van der Waals surface area contributed by atoms with Gasteiger partial charge >= 0.3 is 0 Å². The summed E-state index contributed by atoms with van der Waals surface area (Å²) in [7, 11) is 0. The first-order valence-electron chi connectivity index (χ1n) is 8.80. The Bertz CT molecular complexity index is 898. The minimum atomic E-state index is -0.448. The number of nitrogens with zero attached hydrogens (tertiary/aromatic N) is 3. The Labute approximate surface area is 162 Å². The molecule has 0 saturated carbocycles. The third-order valence-electron chi connectivity index (χ3n) is 4.07. The maximum Gasteiger partial charge on any atom is 0.234 e. The van der Waals surface area contributed by atoms with Gasteiger partial charge in [-0.1, -0.05) is 54.2 Å². The SMILES string of the molecule is CCn1c(CCc2ccccc2)nnc1SCC(=O)Nc1ccccc1F. The van der Waals surface area contributed by atoms with Crippen LogP contribution in [0.25, 0.3) is 0 Å². The lowest BCUT2D eigenvalue weighted by Gasteiger charge is -2.08. The van der Waals surface area contributed by atoms with Crippen LogP contribution in [-0.2, 0) is 24.2 Å². The topological polar surface area (TPSA) is 59.8 Å². The minimum absolute atomic E-state index is 0.144. The molecular formula is C20H21FN4OS. The molecule has 0 aliphatic carbocycles. The van der Waals surface area contributed by atoms with Crippen LogP contribution in [0.4, 0.5) is 10.1 Å². The lowest BCUT2D eigenvalue weighted by molar-refractivity contribution is -0.113. The van der Waals surface area contributed by atoms with Crippen molar-refractivity contribution in [3.05, 3.63) is 71.8 Å². The predicted molar refractivity (Wildman–Crippen MR) is 105 cm³/mol. The summed E-state index contributed by atoms with van der Waals surface area (Å²) < 4.78 is 15.6. The molecule has 0 aliphatic heterocycles. The van der Waals surface area contributed by atoms with E-state index in [1.54, 1.807) is 12.1 Å². The van der Waals surface area contributed by atoms with Crippen LogP contribution in [-0.4, -0.2) is 26.4 Å². The van der Waals surface area contributed by atoms with Gasteiger partial charge in [0.25, 0.3) is 0 Å². The van der Waals surface area contributed by atoms with Gasteiger partial charge in [-0.3, -0.25) is 4.79 Å². The number of carbonyl (C=O) groups excluding carboxylic acids is 1. The largest absolute Gasteiger partial charge is 0.323 e. The zero-order valence-electron chi connectivity index (χ0n) is 15.1. The van der Waals surface area contributed by atoms with Gasteiger partial charge in [0.1, 0.15) is 11.6 Å². The highest BCUT2D eigenvalue weighted by Gasteiger charge is 2.14. The van der Waals surface area contributed by atoms with Crippen LogP contribution < -0.4 is 5.32 Å².